The molecule has 2 N–H and O–H groups in total. The highest BCUT2D eigenvalue weighted by Crippen LogP contribution is 2.37. The van der Waals surface area contributed by atoms with Crippen LogP contribution in [-0.4, -0.2) is 34.1 Å². The van der Waals surface area contributed by atoms with Crippen LogP contribution in [-0.2, 0) is 4.74 Å². The Kier molecular flexibility index (Phi) is 4.38. The number of nitrogens with one attached hydrogen (secondary N) is 2. The van der Waals surface area contributed by atoms with E-state index in [9.17, 15) is 19.7 Å². The summed E-state index contributed by atoms with van der Waals surface area (Å²) in [6, 6.07) is 5.92. The third-order valence-electron chi connectivity index (χ3n) is 3.25. The first-order chi connectivity index (χ1) is 11.9. The molecule has 1 amide bonds. The Morgan fingerprint density at radius 1 is 1.40 bits per heavy atom. The first-order valence-electron chi connectivity index (χ1n) is 6.72. The van der Waals surface area contributed by atoms with E-state index in [-0.39, 0.29) is 21.4 Å². The number of carbonyl (C=O) groups is 2. The van der Waals surface area contributed by atoms with Crippen LogP contribution < -0.4 is 5.32 Å². The number of halogens is 1. The number of aromatic nitrogens is 2. The lowest BCUT2D eigenvalue weighted by Gasteiger charge is -2.02. The van der Waals surface area contributed by atoms with Crippen LogP contribution in [0.1, 0.15) is 20.2 Å². The maximum atomic E-state index is 12.1. The number of carbonyl (C=O) groups excluding carboxylic acids is 2. The van der Waals surface area contributed by atoms with Crippen molar-refractivity contribution in [3.05, 3.63) is 50.0 Å². The Balaban J connectivity index is 1.87. The van der Waals surface area contributed by atoms with Crippen LogP contribution in [0.4, 0.5) is 11.5 Å². The molecule has 0 radical (unpaired) electrons. The van der Waals surface area contributed by atoms with E-state index >= 15 is 0 Å². The number of amides is 1. The van der Waals surface area contributed by atoms with Gasteiger partial charge in [-0.15, -0.1) is 16.4 Å². The van der Waals surface area contributed by atoms with E-state index in [2.05, 4.69) is 20.3 Å². The van der Waals surface area contributed by atoms with Crippen LogP contribution in [0.2, 0.25) is 5.02 Å². The fourth-order valence-electron chi connectivity index (χ4n) is 2.08. The smallest absolute Gasteiger partial charge is 0.349 e. The topological polar surface area (TPSA) is 127 Å². The third-order valence-corrected chi connectivity index (χ3v) is 4.89. The lowest BCUT2D eigenvalue weighted by molar-refractivity contribution is -0.389. The Morgan fingerprint density at radius 2 is 2.16 bits per heavy atom. The van der Waals surface area contributed by atoms with Crippen LogP contribution in [0.15, 0.2) is 24.3 Å². The number of aromatic amines is 1. The summed E-state index contributed by atoms with van der Waals surface area (Å²) in [4.78, 5) is 34.0. The van der Waals surface area contributed by atoms with Gasteiger partial charge in [0.1, 0.15) is 4.88 Å². The van der Waals surface area contributed by atoms with E-state index in [1.54, 1.807) is 18.2 Å². The van der Waals surface area contributed by atoms with Crippen LogP contribution in [0.5, 0.6) is 0 Å². The molecular weight excluding hydrogens is 372 g/mol. The number of nitrogens with zero attached hydrogens (tertiary/aromatic N) is 2. The van der Waals surface area contributed by atoms with Gasteiger partial charge in [0, 0.05) is 15.8 Å². The van der Waals surface area contributed by atoms with E-state index in [1.807, 2.05) is 0 Å². The molecule has 0 atom stereocenters. The number of methoxy groups -OCH3 is 1. The van der Waals surface area contributed by atoms with E-state index in [4.69, 9.17) is 11.6 Å². The zero-order valence-electron chi connectivity index (χ0n) is 12.5. The highest BCUT2D eigenvalue weighted by molar-refractivity contribution is 7.21. The maximum absolute atomic E-state index is 12.1. The van der Waals surface area contributed by atoms with Crippen molar-refractivity contribution in [2.75, 3.05) is 12.4 Å². The monoisotopic (exact) mass is 380 g/mol. The van der Waals surface area contributed by atoms with Gasteiger partial charge in [-0.2, -0.15) is 0 Å². The highest BCUT2D eigenvalue weighted by atomic mass is 35.5. The Hall–Kier alpha value is -2.98. The van der Waals surface area contributed by atoms with Crippen LogP contribution >= 0.6 is 22.9 Å². The molecule has 128 valence electrons. The molecule has 0 saturated carbocycles. The first-order valence-corrected chi connectivity index (χ1v) is 7.91. The Morgan fingerprint density at radius 3 is 2.80 bits per heavy atom. The van der Waals surface area contributed by atoms with E-state index in [1.165, 1.54) is 7.11 Å². The molecule has 1 aromatic carbocycles. The molecule has 3 aromatic rings. The fraction of sp³-hybridized carbons (Fsp3) is 0.0714. The van der Waals surface area contributed by atoms with Gasteiger partial charge in [-0.25, -0.2) is 4.79 Å². The maximum Gasteiger partial charge on any atom is 0.349 e. The minimum absolute atomic E-state index is 0.119. The predicted octanol–water partition coefficient (Wildman–Crippen LogP) is 3.22. The van der Waals surface area contributed by atoms with Crippen molar-refractivity contribution in [2.24, 2.45) is 0 Å². The highest BCUT2D eigenvalue weighted by Gasteiger charge is 2.19. The molecule has 0 bridgehead atoms. The van der Waals surface area contributed by atoms with Gasteiger partial charge in [-0.3, -0.25) is 4.79 Å². The van der Waals surface area contributed by atoms with Crippen molar-refractivity contribution >= 4 is 56.4 Å². The van der Waals surface area contributed by atoms with Crippen molar-refractivity contribution in [2.45, 2.75) is 0 Å². The average Bonchev–Trinajstić information content (AvgIpc) is 3.20. The average molecular weight is 381 g/mol. The molecule has 11 heteroatoms. The summed E-state index contributed by atoms with van der Waals surface area (Å²) in [6.45, 7) is 0. The van der Waals surface area contributed by atoms with Crippen LogP contribution in [0, 0.1) is 10.1 Å². The number of hydrogen-bond donors (Lipinski definition) is 2. The van der Waals surface area contributed by atoms with Gasteiger partial charge in [0.25, 0.3) is 5.91 Å². The summed E-state index contributed by atoms with van der Waals surface area (Å²) in [6.07, 6.45) is 0. The molecule has 0 fully saturated rings. The number of benzene rings is 1. The van der Waals surface area contributed by atoms with Gasteiger partial charge < -0.3 is 20.2 Å². The Bertz CT molecular complexity index is 1010. The van der Waals surface area contributed by atoms with Gasteiger partial charge in [-0.05, 0) is 23.1 Å². The van der Waals surface area contributed by atoms with Gasteiger partial charge in [-0.1, -0.05) is 16.7 Å². The van der Waals surface area contributed by atoms with Crippen molar-refractivity contribution in [3.63, 3.8) is 0 Å². The van der Waals surface area contributed by atoms with Crippen molar-refractivity contribution in [1.82, 2.24) is 10.2 Å². The molecule has 25 heavy (non-hydrogen) atoms. The van der Waals surface area contributed by atoms with Gasteiger partial charge in [0.2, 0.25) is 0 Å². The summed E-state index contributed by atoms with van der Waals surface area (Å²) in [5.41, 5.74) is 0.309. The van der Waals surface area contributed by atoms with Crippen LogP contribution in [0.3, 0.4) is 0 Å². The number of ether oxygens (including phenoxy) is 1. The van der Waals surface area contributed by atoms with Crippen molar-refractivity contribution in [1.29, 1.82) is 0 Å². The normalized spacial score (nSPS) is 10.6. The van der Waals surface area contributed by atoms with E-state index in [0.717, 1.165) is 17.4 Å². The summed E-state index contributed by atoms with van der Waals surface area (Å²) >= 11 is 7.29. The molecule has 0 spiro atoms. The number of rotatable bonds is 4. The van der Waals surface area contributed by atoms with Gasteiger partial charge in [0.05, 0.1) is 18.2 Å². The standard InChI is InChI=1S/C14H9ClN4O5S/c1-24-14(21)12-11(15)7-3-2-6(4-9(7)25-12)16-13(20)8-5-10(18-17-8)19(22)23/h2-5H,1H3,(H,16,20)(H,17,18). The first kappa shape index (κ1) is 16.9. The Labute approximate surface area is 148 Å². The minimum atomic E-state index is -0.683. The number of fused-ring (bicyclic) bond motifs is 1. The summed E-state index contributed by atoms with van der Waals surface area (Å²) < 4.78 is 5.35. The summed E-state index contributed by atoms with van der Waals surface area (Å²) in [5, 5.41) is 19.9. The number of thiophene rings is 1. The molecule has 0 aliphatic rings. The molecule has 2 aromatic heterocycles. The molecule has 0 aliphatic carbocycles. The SMILES string of the molecule is COC(=O)c1sc2cc(NC(=O)c3cc([N+](=O)[O-])[nH]n3)ccc2c1Cl. The number of nitro groups is 1. The largest absolute Gasteiger partial charge is 0.465 e. The summed E-state index contributed by atoms with van der Waals surface area (Å²) in [7, 11) is 1.26. The predicted molar refractivity (Wildman–Crippen MR) is 91.4 cm³/mol. The third kappa shape index (κ3) is 3.16. The van der Waals surface area contributed by atoms with Gasteiger partial charge in [0.15, 0.2) is 5.69 Å². The number of anilines is 1. The van der Waals surface area contributed by atoms with Crippen molar-refractivity contribution in [3.8, 4) is 0 Å². The zero-order valence-corrected chi connectivity index (χ0v) is 14.1. The minimum Gasteiger partial charge on any atom is -0.465 e. The second-order valence-corrected chi connectivity index (χ2v) is 6.23. The van der Waals surface area contributed by atoms with Gasteiger partial charge >= 0.3 is 11.8 Å². The zero-order chi connectivity index (χ0) is 18.1. The lowest BCUT2D eigenvalue weighted by Crippen LogP contribution is -2.12. The fourth-order valence-corrected chi connectivity index (χ4v) is 3.55. The van der Waals surface area contributed by atoms with E-state index in [0.29, 0.717) is 15.8 Å². The number of esters is 1. The molecule has 2 heterocycles. The summed E-state index contributed by atoms with van der Waals surface area (Å²) in [5.74, 6) is -1.53. The molecular formula is C14H9ClN4O5S. The molecule has 0 unspecified atom stereocenters. The lowest BCUT2D eigenvalue weighted by atomic mass is 10.2. The number of hydrogen-bond acceptors (Lipinski definition) is 7. The molecule has 9 nitrogen and oxygen atoms in total. The quantitative estimate of drug-likeness (QED) is 0.406. The van der Waals surface area contributed by atoms with Crippen LogP contribution in [0.25, 0.3) is 10.1 Å². The second kappa shape index (κ2) is 6.49. The molecule has 0 aliphatic heterocycles. The van der Waals surface area contributed by atoms with Crippen molar-refractivity contribution < 1.29 is 19.2 Å². The molecule has 3 rings (SSSR count). The second-order valence-electron chi connectivity index (χ2n) is 4.80. The van der Waals surface area contributed by atoms with E-state index < -0.39 is 16.8 Å². The molecule has 0 saturated heterocycles. The number of H-pyrrole nitrogens is 1.